The van der Waals surface area contributed by atoms with E-state index in [-0.39, 0.29) is 23.8 Å². The first-order valence-corrected chi connectivity index (χ1v) is 8.77. The van der Waals surface area contributed by atoms with Crippen LogP contribution in [0.15, 0.2) is 29.1 Å². The maximum atomic E-state index is 12.4. The standard InChI is InChI=1S/C18H24N6O5/c1-11(7-8-25)24(20)18-22-16(14(15(19)26)17(27)23-18)21-12-3-5-13(6-4-12)29-10-9-28-2/h3-6,8,11H,7,9-10,20H2,1-2H3,(H2,19,26)(H2,21,22,23,27). The minimum absolute atomic E-state index is 0.0173. The van der Waals surface area contributed by atoms with Crippen LogP contribution in [-0.4, -0.2) is 48.5 Å². The average Bonchev–Trinajstić information content (AvgIpc) is 2.68. The Hall–Kier alpha value is -3.44. The predicted octanol–water partition coefficient (Wildman–Crippen LogP) is 0.295. The van der Waals surface area contributed by atoms with Crippen molar-refractivity contribution in [3.63, 3.8) is 0 Å². The number of benzene rings is 1. The van der Waals surface area contributed by atoms with Crippen molar-refractivity contribution in [2.75, 3.05) is 30.6 Å². The maximum Gasteiger partial charge on any atom is 0.267 e. The van der Waals surface area contributed by atoms with Crippen LogP contribution in [0.1, 0.15) is 23.7 Å². The molecule has 11 nitrogen and oxygen atoms in total. The predicted molar refractivity (Wildman–Crippen MR) is 107 cm³/mol. The molecular weight excluding hydrogens is 380 g/mol. The van der Waals surface area contributed by atoms with Gasteiger partial charge in [0.15, 0.2) is 5.82 Å². The quantitative estimate of drug-likeness (QED) is 0.178. The Labute approximate surface area is 167 Å². The molecular formula is C18H24N6O5. The molecule has 1 amide bonds. The summed E-state index contributed by atoms with van der Waals surface area (Å²) in [5.41, 5.74) is 4.78. The third-order valence-corrected chi connectivity index (χ3v) is 3.98. The van der Waals surface area contributed by atoms with Gasteiger partial charge in [-0.3, -0.25) is 19.6 Å². The van der Waals surface area contributed by atoms with E-state index in [1.807, 2.05) is 0 Å². The van der Waals surface area contributed by atoms with Gasteiger partial charge in [0.05, 0.1) is 12.6 Å². The number of hydrogen-bond donors (Lipinski definition) is 4. The van der Waals surface area contributed by atoms with Crippen molar-refractivity contribution < 1.29 is 19.1 Å². The van der Waals surface area contributed by atoms with Gasteiger partial charge in [-0.25, -0.2) is 5.84 Å². The zero-order valence-electron chi connectivity index (χ0n) is 16.2. The summed E-state index contributed by atoms with van der Waals surface area (Å²) in [7, 11) is 1.58. The van der Waals surface area contributed by atoms with E-state index in [0.29, 0.717) is 30.9 Å². The van der Waals surface area contributed by atoms with Crippen LogP contribution in [0.2, 0.25) is 0 Å². The molecule has 1 atom stereocenters. The fourth-order valence-electron chi connectivity index (χ4n) is 2.38. The second kappa shape index (κ2) is 10.2. The molecule has 0 fully saturated rings. The number of aldehydes is 1. The molecule has 0 spiro atoms. The SMILES string of the molecule is COCCOc1ccc(Nc2nc(N(N)C(C)CC=O)[nH]c(=O)c2C(N)=O)cc1. The summed E-state index contributed by atoms with van der Waals surface area (Å²) >= 11 is 0. The van der Waals surface area contributed by atoms with Gasteiger partial charge in [0.1, 0.15) is 24.2 Å². The van der Waals surface area contributed by atoms with E-state index in [1.54, 1.807) is 38.3 Å². The third kappa shape index (κ3) is 5.77. The van der Waals surface area contributed by atoms with E-state index in [4.69, 9.17) is 21.1 Å². The molecule has 0 aliphatic heterocycles. The summed E-state index contributed by atoms with van der Waals surface area (Å²) in [6.07, 6.45) is 0.834. The first kappa shape index (κ1) is 21.9. The van der Waals surface area contributed by atoms with Crippen molar-refractivity contribution >= 4 is 29.6 Å². The Morgan fingerprint density at radius 3 is 2.62 bits per heavy atom. The molecule has 0 saturated heterocycles. The van der Waals surface area contributed by atoms with Crippen LogP contribution in [0, 0.1) is 0 Å². The zero-order chi connectivity index (χ0) is 21.4. The number of ether oxygens (including phenoxy) is 2. The van der Waals surface area contributed by atoms with Gasteiger partial charge in [-0.1, -0.05) is 0 Å². The lowest BCUT2D eigenvalue weighted by Crippen LogP contribution is -2.42. The molecule has 6 N–H and O–H groups in total. The molecule has 29 heavy (non-hydrogen) atoms. The molecule has 1 unspecified atom stereocenters. The van der Waals surface area contributed by atoms with Crippen molar-refractivity contribution in [2.45, 2.75) is 19.4 Å². The monoisotopic (exact) mass is 404 g/mol. The highest BCUT2D eigenvalue weighted by atomic mass is 16.5. The van der Waals surface area contributed by atoms with Gasteiger partial charge in [0.2, 0.25) is 5.95 Å². The molecule has 1 aromatic heterocycles. The number of aromatic amines is 1. The number of carbonyl (C=O) groups excluding carboxylic acids is 2. The van der Waals surface area contributed by atoms with Crippen molar-refractivity contribution in [3.05, 3.63) is 40.2 Å². The zero-order valence-corrected chi connectivity index (χ0v) is 16.2. The lowest BCUT2D eigenvalue weighted by Gasteiger charge is -2.23. The highest BCUT2D eigenvalue weighted by Gasteiger charge is 2.20. The van der Waals surface area contributed by atoms with E-state index in [9.17, 15) is 14.4 Å². The molecule has 11 heteroatoms. The minimum Gasteiger partial charge on any atom is -0.491 e. The first-order valence-electron chi connectivity index (χ1n) is 8.77. The fourth-order valence-corrected chi connectivity index (χ4v) is 2.38. The van der Waals surface area contributed by atoms with Crippen LogP contribution >= 0.6 is 0 Å². The van der Waals surface area contributed by atoms with Gasteiger partial charge in [-0.2, -0.15) is 4.98 Å². The number of methoxy groups -OCH3 is 1. The van der Waals surface area contributed by atoms with Crippen LogP contribution in [-0.2, 0) is 9.53 Å². The van der Waals surface area contributed by atoms with Gasteiger partial charge >= 0.3 is 0 Å². The second-order valence-electron chi connectivity index (χ2n) is 6.13. The number of carbonyl (C=O) groups is 2. The number of hydrogen-bond acceptors (Lipinski definition) is 9. The molecule has 0 bridgehead atoms. The van der Waals surface area contributed by atoms with Crippen molar-refractivity contribution in [2.24, 2.45) is 11.6 Å². The van der Waals surface area contributed by atoms with Gasteiger partial charge < -0.3 is 25.3 Å². The number of nitrogens with zero attached hydrogens (tertiary/aromatic N) is 2. The number of primary amides is 1. The first-order chi connectivity index (χ1) is 13.9. The number of amides is 1. The van der Waals surface area contributed by atoms with Crippen LogP contribution in [0.5, 0.6) is 5.75 Å². The summed E-state index contributed by atoms with van der Waals surface area (Å²) in [5, 5.41) is 4.03. The Balaban J connectivity index is 2.31. The Morgan fingerprint density at radius 1 is 1.34 bits per heavy atom. The van der Waals surface area contributed by atoms with Gasteiger partial charge in [0, 0.05) is 19.2 Å². The number of nitrogens with two attached hydrogens (primary N) is 2. The molecule has 2 rings (SSSR count). The van der Waals surface area contributed by atoms with Crippen molar-refractivity contribution in [3.8, 4) is 5.75 Å². The Bertz CT molecular complexity index is 899. The summed E-state index contributed by atoms with van der Waals surface area (Å²) < 4.78 is 10.4. The van der Waals surface area contributed by atoms with E-state index < -0.39 is 17.5 Å². The van der Waals surface area contributed by atoms with Crippen LogP contribution in [0.4, 0.5) is 17.5 Å². The Kier molecular flexibility index (Phi) is 7.69. The van der Waals surface area contributed by atoms with Crippen LogP contribution < -0.4 is 32.2 Å². The van der Waals surface area contributed by atoms with Crippen molar-refractivity contribution in [1.29, 1.82) is 0 Å². The molecule has 0 aliphatic rings. The average molecular weight is 404 g/mol. The molecule has 156 valence electrons. The largest absolute Gasteiger partial charge is 0.491 e. The molecule has 1 heterocycles. The lowest BCUT2D eigenvalue weighted by molar-refractivity contribution is -0.108. The summed E-state index contributed by atoms with van der Waals surface area (Å²) in [4.78, 5) is 41.4. The van der Waals surface area contributed by atoms with E-state index in [1.165, 1.54) is 0 Å². The number of rotatable bonds is 11. The molecule has 0 aliphatic carbocycles. The number of nitrogens with one attached hydrogen (secondary N) is 2. The number of hydrazine groups is 1. The van der Waals surface area contributed by atoms with Crippen LogP contribution in [0.25, 0.3) is 0 Å². The van der Waals surface area contributed by atoms with E-state index in [0.717, 1.165) is 5.01 Å². The van der Waals surface area contributed by atoms with Crippen LogP contribution in [0.3, 0.4) is 0 Å². The third-order valence-electron chi connectivity index (χ3n) is 3.98. The minimum atomic E-state index is -0.947. The van der Waals surface area contributed by atoms with Gasteiger partial charge in [-0.05, 0) is 31.2 Å². The topological polar surface area (TPSA) is 166 Å². The highest BCUT2D eigenvalue weighted by Crippen LogP contribution is 2.21. The molecule has 0 radical (unpaired) electrons. The molecule has 1 aromatic carbocycles. The van der Waals surface area contributed by atoms with E-state index in [2.05, 4.69) is 15.3 Å². The van der Waals surface area contributed by atoms with Crippen molar-refractivity contribution in [1.82, 2.24) is 9.97 Å². The number of aromatic nitrogens is 2. The number of anilines is 3. The smallest absolute Gasteiger partial charge is 0.267 e. The highest BCUT2D eigenvalue weighted by molar-refractivity contribution is 5.98. The molecule has 2 aromatic rings. The van der Waals surface area contributed by atoms with Gasteiger partial charge in [-0.15, -0.1) is 0 Å². The normalized spacial score (nSPS) is 11.6. The second-order valence-corrected chi connectivity index (χ2v) is 6.13. The Morgan fingerprint density at radius 2 is 2.03 bits per heavy atom. The molecule has 0 saturated carbocycles. The summed E-state index contributed by atoms with van der Waals surface area (Å²) in [5.74, 6) is 5.53. The maximum absolute atomic E-state index is 12.4. The fraction of sp³-hybridized carbons (Fsp3) is 0.333. The summed E-state index contributed by atoms with van der Waals surface area (Å²) in [6, 6.07) is 6.36. The lowest BCUT2D eigenvalue weighted by atomic mass is 10.2. The summed E-state index contributed by atoms with van der Waals surface area (Å²) in [6.45, 7) is 2.55. The number of H-pyrrole nitrogens is 1. The van der Waals surface area contributed by atoms with Gasteiger partial charge in [0.25, 0.3) is 11.5 Å². The van der Waals surface area contributed by atoms with E-state index >= 15 is 0 Å².